The number of nitrogens with one attached hydrogen (secondary N) is 2. The van der Waals surface area contributed by atoms with Gasteiger partial charge in [0.1, 0.15) is 11.5 Å². The lowest BCUT2D eigenvalue weighted by atomic mass is 9.84. The van der Waals surface area contributed by atoms with Gasteiger partial charge in [0.15, 0.2) is 0 Å². The summed E-state index contributed by atoms with van der Waals surface area (Å²) in [5.41, 5.74) is 4.01. The number of anilines is 1. The van der Waals surface area contributed by atoms with Crippen molar-refractivity contribution in [1.82, 2.24) is 5.32 Å². The summed E-state index contributed by atoms with van der Waals surface area (Å²) in [5, 5.41) is 5.77. The molecule has 2 N–H and O–H groups in total. The second kappa shape index (κ2) is 12.6. The summed E-state index contributed by atoms with van der Waals surface area (Å²) in [6, 6.07) is 9.47. The number of hydrogen-bond acceptors (Lipinski definition) is 4. The Bertz CT molecular complexity index is 1020. The summed E-state index contributed by atoms with van der Waals surface area (Å²) in [6.07, 6.45) is 4.45. The van der Waals surface area contributed by atoms with Gasteiger partial charge in [0.25, 0.3) is 5.91 Å². The van der Waals surface area contributed by atoms with E-state index in [9.17, 15) is 9.59 Å². The van der Waals surface area contributed by atoms with Gasteiger partial charge in [-0.15, -0.1) is 0 Å². The fourth-order valence-corrected chi connectivity index (χ4v) is 4.43. The molecule has 35 heavy (non-hydrogen) atoms. The minimum absolute atomic E-state index is 0.00122. The van der Waals surface area contributed by atoms with E-state index in [2.05, 4.69) is 44.4 Å². The summed E-state index contributed by atoms with van der Waals surface area (Å²) >= 11 is 0. The van der Waals surface area contributed by atoms with Gasteiger partial charge in [-0.25, -0.2) is 0 Å². The van der Waals surface area contributed by atoms with Crippen LogP contribution in [0.4, 0.5) is 5.69 Å². The number of benzene rings is 2. The number of carbonyl (C=O) groups excluding carboxylic acids is 2. The molecule has 0 aromatic heterocycles. The highest BCUT2D eigenvalue weighted by molar-refractivity contribution is 5.98. The molecule has 2 aromatic rings. The Hall–Kier alpha value is -3.02. The van der Waals surface area contributed by atoms with E-state index in [4.69, 9.17) is 9.47 Å². The van der Waals surface area contributed by atoms with E-state index in [-0.39, 0.29) is 23.1 Å². The Morgan fingerprint density at radius 1 is 1.00 bits per heavy atom. The van der Waals surface area contributed by atoms with Crippen molar-refractivity contribution < 1.29 is 19.1 Å². The topological polar surface area (TPSA) is 76.7 Å². The molecule has 192 valence electrons. The summed E-state index contributed by atoms with van der Waals surface area (Å²) in [5.74, 6) is 1.24. The third kappa shape index (κ3) is 7.48. The Morgan fingerprint density at radius 3 is 2.26 bits per heavy atom. The number of amides is 2. The maximum Gasteiger partial charge on any atom is 0.251 e. The lowest BCUT2D eigenvalue weighted by molar-refractivity contribution is -0.116. The molecule has 6 nitrogen and oxygen atoms in total. The van der Waals surface area contributed by atoms with E-state index in [1.165, 1.54) is 0 Å². The van der Waals surface area contributed by atoms with Crippen LogP contribution < -0.4 is 20.1 Å². The first-order chi connectivity index (χ1) is 16.5. The Kier molecular flexibility index (Phi) is 10.2. The zero-order valence-electron chi connectivity index (χ0n) is 22.6. The number of carbonyl (C=O) groups is 2. The fraction of sp³-hybridized carbons (Fsp3) is 0.517. The highest BCUT2D eigenvalue weighted by Crippen LogP contribution is 2.38. The van der Waals surface area contributed by atoms with Crippen molar-refractivity contribution in [1.29, 1.82) is 0 Å². The first kappa shape index (κ1) is 28.2. The Morgan fingerprint density at radius 2 is 1.69 bits per heavy atom. The minimum atomic E-state index is -0.194. The first-order valence-electron chi connectivity index (χ1n) is 12.4. The Labute approximate surface area is 210 Å². The molecule has 2 rings (SSSR count). The number of aryl methyl sites for hydroxylation is 1. The van der Waals surface area contributed by atoms with Crippen LogP contribution >= 0.6 is 0 Å². The van der Waals surface area contributed by atoms with E-state index < -0.39 is 0 Å². The van der Waals surface area contributed by atoms with Gasteiger partial charge < -0.3 is 20.1 Å². The maximum absolute atomic E-state index is 13.4. The van der Waals surface area contributed by atoms with Crippen LogP contribution in [-0.2, 0) is 10.2 Å². The minimum Gasteiger partial charge on any atom is -0.496 e. The van der Waals surface area contributed by atoms with Crippen molar-refractivity contribution in [2.75, 3.05) is 26.6 Å². The standard InChI is InChI=1S/C29H42N2O4/c1-9-10-11-12-20(22-15-19(2)25(34-7)18-26(22)35-8)17-27(32)31-24-16-21(28(33)30-6)13-14-23(24)29(3,4)5/h13-16,18,20H,9-12,17H2,1-8H3,(H,30,33)(H,31,32). The third-order valence-corrected chi connectivity index (χ3v) is 6.37. The quantitative estimate of drug-likeness (QED) is 0.365. The number of methoxy groups -OCH3 is 2. The van der Waals surface area contributed by atoms with E-state index in [1.807, 2.05) is 19.1 Å². The van der Waals surface area contributed by atoms with Crippen LogP contribution in [0, 0.1) is 6.92 Å². The van der Waals surface area contributed by atoms with Crippen molar-refractivity contribution >= 4 is 17.5 Å². The second-order valence-electron chi connectivity index (χ2n) is 10.1. The number of ether oxygens (including phenoxy) is 2. The van der Waals surface area contributed by atoms with Crippen LogP contribution in [0.5, 0.6) is 11.5 Å². The summed E-state index contributed by atoms with van der Waals surface area (Å²) in [6.45, 7) is 10.5. The molecule has 2 aromatic carbocycles. The van der Waals surface area contributed by atoms with Crippen LogP contribution in [-0.4, -0.2) is 33.1 Å². The van der Waals surface area contributed by atoms with Crippen LogP contribution in [0.2, 0.25) is 0 Å². The predicted molar refractivity (Wildman–Crippen MR) is 143 cm³/mol. The first-order valence-corrected chi connectivity index (χ1v) is 12.4. The van der Waals surface area contributed by atoms with Gasteiger partial charge in [0.2, 0.25) is 5.91 Å². The van der Waals surface area contributed by atoms with E-state index in [0.717, 1.165) is 53.9 Å². The van der Waals surface area contributed by atoms with Gasteiger partial charge in [-0.3, -0.25) is 9.59 Å². The molecule has 1 unspecified atom stereocenters. The smallest absolute Gasteiger partial charge is 0.251 e. The molecule has 0 fully saturated rings. The van der Waals surface area contributed by atoms with Gasteiger partial charge in [-0.05, 0) is 59.6 Å². The Balaban J connectivity index is 2.40. The summed E-state index contributed by atoms with van der Waals surface area (Å²) in [4.78, 5) is 25.6. The summed E-state index contributed by atoms with van der Waals surface area (Å²) < 4.78 is 11.2. The second-order valence-corrected chi connectivity index (χ2v) is 10.1. The third-order valence-electron chi connectivity index (χ3n) is 6.37. The van der Waals surface area contributed by atoms with E-state index >= 15 is 0 Å². The number of unbranched alkanes of at least 4 members (excludes halogenated alkanes) is 2. The van der Waals surface area contributed by atoms with Crippen LogP contribution in [0.1, 0.15) is 92.8 Å². The predicted octanol–water partition coefficient (Wildman–Crippen LogP) is 6.36. The van der Waals surface area contributed by atoms with Crippen LogP contribution in [0.25, 0.3) is 0 Å². The average molecular weight is 483 g/mol. The molecule has 0 aliphatic carbocycles. The van der Waals surface area contributed by atoms with Crippen molar-refractivity contribution in [2.24, 2.45) is 0 Å². The highest BCUT2D eigenvalue weighted by Gasteiger charge is 2.24. The van der Waals surface area contributed by atoms with Crippen molar-refractivity contribution in [3.05, 3.63) is 52.6 Å². The molecular weight excluding hydrogens is 440 g/mol. The summed E-state index contributed by atoms with van der Waals surface area (Å²) in [7, 11) is 4.90. The van der Waals surface area contributed by atoms with Gasteiger partial charge in [0, 0.05) is 30.8 Å². The monoisotopic (exact) mass is 482 g/mol. The largest absolute Gasteiger partial charge is 0.496 e. The molecule has 0 spiro atoms. The normalized spacial score (nSPS) is 12.1. The molecule has 1 atom stereocenters. The average Bonchev–Trinajstić information content (AvgIpc) is 2.82. The maximum atomic E-state index is 13.4. The lowest BCUT2D eigenvalue weighted by Crippen LogP contribution is -2.23. The van der Waals surface area contributed by atoms with Gasteiger partial charge in [-0.1, -0.05) is 53.0 Å². The zero-order valence-corrected chi connectivity index (χ0v) is 22.6. The van der Waals surface area contributed by atoms with Gasteiger partial charge in [0.05, 0.1) is 14.2 Å². The van der Waals surface area contributed by atoms with Crippen molar-refractivity contribution in [3.63, 3.8) is 0 Å². The molecule has 0 bridgehead atoms. The van der Waals surface area contributed by atoms with Crippen molar-refractivity contribution in [3.8, 4) is 11.5 Å². The number of rotatable bonds is 11. The molecule has 0 saturated heterocycles. The van der Waals surface area contributed by atoms with Crippen molar-refractivity contribution in [2.45, 2.75) is 78.1 Å². The van der Waals surface area contributed by atoms with E-state index in [0.29, 0.717) is 17.7 Å². The molecule has 0 saturated carbocycles. The van der Waals surface area contributed by atoms with E-state index in [1.54, 1.807) is 33.4 Å². The molecule has 0 aliphatic rings. The van der Waals surface area contributed by atoms with Gasteiger partial charge >= 0.3 is 0 Å². The van der Waals surface area contributed by atoms with Crippen LogP contribution in [0.3, 0.4) is 0 Å². The lowest BCUT2D eigenvalue weighted by Gasteiger charge is -2.25. The molecule has 6 heteroatoms. The highest BCUT2D eigenvalue weighted by atomic mass is 16.5. The van der Waals surface area contributed by atoms with Crippen LogP contribution in [0.15, 0.2) is 30.3 Å². The molecule has 2 amide bonds. The zero-order chi connectivity index (χ0) is 26.2. The fourth-order valence-electron chi connectivity index (χ4n) is 4.43. The van der Waals surface area contributed by atoms with Gasteiger partial charge in [-0.2, -0.15) is 0 Å². The number of hydrogen-bond donors (Lipinski definition) is 2. The SMILES string of the molecule is CCCCCC(CC(=O)Nc1cc(C(=O)NC)ccc1C(C)(C)C)c1cc(C)c(OC)cc1OC. The molecule has 0 aliphatic heterocycles. The molecule has 0 radical (unpaired) electrons. The molecular formula is C29H42N2O4. The molecule has 0 heterocycles.